The molecule has 508 valence electrons. The number of carbonyl (C=O) groups is 2. The van der Waals surface area contributed by atoms with Crippen molar-refractivity contribution in [3.05, 3.63) is 0 Å². The quantitative estimate of drug-likeness (QED) is 0.0446. The average Bonchev–Trinajstić information content (AvgIpc) is 3.45. The first kappa shape index (κ1) is 86.3. The molecular weight excluding hydrogens is 1360 g/mol. The number of rotatable bonds is 72. The average molecular weight is 1520 g/mol. The Bertz CT molecular complexity index is 1220. The van der Waals surface area contributed by atoms with Gasteiger partial charge in [-0.1, -0.05) is 0 Å². The van der Waals surface area contributed by atoms with Gasteiger partial charge in [0.05, 0.1) is 0 Å². The second kappa shape index (κ2) is 66.7. The van der Waals surface area contributed by atoms with E-state index in [1.54, 1.807) is 13.8 Å². The second-order valence-corrected chi connectivity index (χ2v) is 62.0. The van der Waals surface area contributed by atoms with E-state index >= 15 is 0 Å². The standard InChI is InChI=1S/6C12H25.2C2H4O2.2O.3Sn/c6*1-3-5-7-9-11-12-10-8-6-4-2;2*1-2(3)4;;;;;/h6*1,3-12H2,2H3;2*1H3,(H,3,4);;;;;/q;;;;;;;;;;;2*+1/p-2. The zero-order chi connectivity index (χ0) is 62.2. The maximum absolute atomic E-state index is 13.9. The third kappa shape index (κ3) is 57.6. The molecule has 0 aromatic carbocycles. The molecule has 0 amide bonds. The Hall–Kier alpha value is 1.26. The van der Waals surface area contributed by atoms with Crippen LogP contribution in [0.1, 0.15) is 441 Å². The van der Waals surface area contributed by atoms with E-state index in [0.29, 0.717) is 0 Å². The van der Waals surface area contributed by atoms with Crippen LogP contribution in [0, 0.1) is 0 Å². The van der Waals surface area contributed by atoms with Crippen molar-refractivity contribution in [1.82, 2.24) is 0 Å². The number of carbonyl (C=O) groups excluding carboxylic acids is 2. The molecule has 0 aliphatic carbocycles. The van der Waals surface area contributed by atoms with Crippen LogP contribution < -0.4 is 0 Å². The maximum atomic E-state index is 13.9. The van der Waals surface area contributed by atoms with Crippen LogP contribution in [0.5, 0.6) is 0 Å². The van der Waals surface area contributed by atoms with Gasteiger partial charge in [0, 0.05) is 0 Å². The molecular formula is C76H156O6Sn3. The number of hydrogen-bond donors (Lipinski definition) is 0. The molecule has 0 atom stereocenters. The van der Waals surface area contributed by atoms with E-state index in [2.05, 4.69) is 41.5 Å². The molecule has 0 aliphatic heterocycles. The summed E-state index contributed by atoms with van der Waals surface area (Å²) in [6.45, 7) is 17.3. The van der Waals surface area contributed by atoms with Crippen LogP contribution in [0.4, 0.5) is 0 Å². The van der Waals surface area contributed by atoms with Gasteiger partial charge in [-0.3, -0.25) is 0 Å². The summed E-state index contributed by atoms with van der Waals surface area (Å²) >= 11 is -12.7. The Morgan fingerprint density at radius 1 is 0.188 bits per heavy atom. The molecule has 0 fully saturated rings. The fourth-order valence-electron chi connectivity index (χ4n) is 13.5. The van der Waals surface area contributed by atoms with Gasteiger partial charge in [0.15, 0.2) is 0 Å². The monoisotopic (exact) mass is 1520 g/mol. The Labute approximate surface area is 550 Å². The molecule has 0 heterocycles. The molecule has 0 unspecified atom stereocenters. The Morgan fingerprint density at radius 3 is 0.435 bits per heavy atom. The topological polar surface area (TPSA) is 71.1 Å². The van der Waals surface area contributed by atoms with Crippen molar-refractivity contribution in [2.24, 2.45) is 0 Å². The normalized spacial score (nSPS) is 12.2. The fourth-order valence-corrected chi connectivity index (χ4v) is 89.2. The summed E-state index contributed by atoms with van der Waals surface area (Å²) in [7, 11) is 0. The van der Waals surface area contributed by atoms with E-state index in [4.69, 9.17) is 8.97 Å². The van der Waals surface area contributed by atoms with Crippen LogP contribution in [0.2, 0.25) is 26.6 Å². The minimum atomic E-state index is -4.29. The van der Waals surface area contributed by atoms with Crippen LogP contribution in [0.15, 0.2) is 0 Å². The van der Waals surface area contributed by atoms with Gasteiger partial charge >= 0.3 is 555 Å². The van der Waals surface area contributed by atoms with Crippen molar-refractivity contribution >= 4 is 69.6 Å². The van der Waals surface area contributed by atoms with Crippen LogP contribution in [0.3, 0.4) is 0 Å². The molecule has 0 radical (unpaired) electrons. The van der Waals surface area contributed by atoms with Crippen LogP contribution in [-0.4, -0.2) is 69.6 Å². The van der Waals surface area contributed by atoms with Gasteiger partial charge in [0.2, 0.25) is 0 Å². The Morgan fingerprint density at radius 2 is 0.306 bits per heavy atom. The fraction of sp³-hybridized carbons (Fsp3) is 0.974. The van der Waals surface area contributed by atoms with E-state index in [0.717, 1.165) is 65.1 Å². The van der Waals surface area contributed by atoms with Gasteiger partial charge in [-0.05, 0) is 0 Å². The first-order valence-electron chi connectivity index (χ1n) is 39.4. The molecule has 0 rings (SSSR count). The molecule has 0 aliphatic rings. The van der Waals surface area contributed by atoms with Crippen molar-refractivity contribution in [3.63, 3.8) is 0 Å². The Balaban J connectivity index is 7.54. The second-order valence-electron chi connectivity index (χ2n) is 27.7. The molecule has 9 heteroatoms. The summed E-state index contributed by atoms with van der Waals surface area (Å²) in [6, 6.07) is 0. The minimum absolute atomic E-state index is 0.112. The van der Waals surface area contributed by atoms with E-state index in [1.807, 2.05) is 0 Å². The predicted octanol–water partition coefficient (Wildman–Crippen LogP) is 28.0. The number of unbranched alkanes of at least 4 members (excludes halogenated alkanes) is 54. The van der Waals surface area contributed by atoms with Gasteiger partial charge in [0.1, 0.15) is 0 Å². The van der Waals surface area contributed by atoms with E-state index < -0.39 is 57.6 Å². The van der Waals surface area contributed by atoms with Crippen molar-refractivity contribution < 1.29 is 18.6 Å². The van der Waals surface area contributed by atoms with Gasteiger partial charge in [-0.15, -0.1) is 0 Å². The molecule has 0 saturated heterocycles. The van der Waals surface area contributed by atoms with Crippen molar-refractivity contribution in [1.29, 1.82) is 0 Å². The molecule has 85 heavy (non-hydrogen) atoms. The SMILES string of the molecule is CCCCCCCCCCC[CH2][Sn]([CH2]CCCCCCCCCCC)([O]C(C)=O)[O][Sn]([CH2]CCCCCCCCCCC)([CH2]CCCCCCCCCCC)[O][Sn]([CH2]CCCCCCCCCCC)([CH2]CCCCCCCCCCC)[O]C(C)=O. The molecule has 0 spiro atoms. The van der Waals surface area contributed by atoms with Crippen LogP contribution in [-0.2, 0) is 18.6 Å². The summed E-state index contributed by atoms with van der Waals surface area (Å²) in [6.07, 6.45) is 78.1. The van der Waals surface area contributed by atoms with E-state index in [9.17, 15) is 9.59 Å². The first-order valence-corrected chi connectivity index (χ1v) is 58.5. The summed E-state index contributed by atoms with van der Waals surface area (Å²) in [5, 5.41) is 0. The zero-order valence-electron chi connectivity index (χ0n) is 59.6. The van der Waals surface area contributed by atoms with E-state index in [-0.39, 0.29) is 11.9 Å². The molecule has 0 N–H and O–H groups in total. The molecule has 0 aromatic rings. The molecule has 0 bridgehead atoms. The van der Waals surface area contributed by atoms with Gasteiger partial charge < -0.3 is 0 Å². The van der Waals surface area contributed by atoms with Crippen LogP contribution in [0.25, 0.3) is 0 Å². The molecule has 0 aromatic heterocycles. The zero-order valence-corrected chi connectivity index (χ0v) is 68.2. The van der Waals surface area contributed by atoms with Crippen molar-refractivity contribution in [2.45, 2.75) is 467 Å². The third-order valence-electron chi connectivity index (χ3n) is 18.9. The van der Waals surface area contributed by atoms with Gasteiger partial charge in [-0.2, -0.15) is 0 Å². The van der Waals surface area contributed by atoms with E-state index in [1.165, 1.54) is 347 Å². The summed E-state index contributed by atoms with van der Waals surface area (Å²) in [5.74, 6) is -0.225. The van der Waals surface area contributed by atoms with Gasteiger partial charge in [0.25, 0.3) is 0 Å². The van der Waals surface area contributed by atoms with Crippen molar-refractivity contribution in [3.8, 4) is 0 Å². The third-order valence-corrected chi connectivity index (χ3v) is 74.5. The number of hydrogen-bond acceptors (Lipinski definition) is 6. The van der Waals surface area contributed by atoms with Gasteiger partial charge in [-0.25, -0.2) is 0 Å². The first-order chi connectivity index (χ1) is 41.6. The van der Waals surface area contributed by atoms with Crippen molar-refractivity contribution in [2.75, 3.05) is 0 Å². The summed E-state index contributed by atoms with van der Waals surface area (Å²) in [5.41, 5.74) is 0. The Kier molecular flexibility index (Phi) is 67.7. The van der Waals surface area contributed by atoms with Crippen LogP contribution >= 0.6 is 0 Å². The molecule has 6 nitrogen and oxygen atoms in total. The summed E-state index contributed by atoms with van der Waals surface area (Å²) < 4.78 is 37.2. The summed E-state index contributed by atoms with van der Waals surface area (Å²) in [4.78, 5) is 27.9. The molecule has 0 saturated carbocycles. The predicted molar refractivity (Wildman–Crippen MR) is 383 cm³/mol.